The first-order valence-electron chi connectivity index (χ1n) is 14.8. The number of carbonyl (C=O) groups excluding carboxylic acids is 2. The van der Waals surface area contributed by atoms with Gasteiger partial charge in [-0.2, -0.15) is 18.2 Å². The molecule has 3 aliphatic rings. The Bertz CT molecular complexity index is 2210. The number of anilines is 1. The van der Waals surface area contributed by atoms with Gasteiger partial charge in [-0.05, 0) is 54.0 Å². The molecule has 49 heavy (non-hydrogen) atoms. The Morgan fingerprint density at radius 3 is 2.41 bits per heavy atom. The zero-order valence-corrected chi connectivity index (χ0v) is 27.0. The summed E-state index contributed by atoms with van der Waals surface area (Å²) < 4.78 is 49.0. The van der Waals surface area contributed by atoms with Gasteiger partial charge in [-0.25, -0.2) is 28.5 Å². The number of carbonyl (C=O) groups is 2. The van der Waals surface area contributed by atoms with Gasteiger partial charge in [-0.3, -0.25) is 15.0 Å². The SMILES string of the molecule is COc1ccc(O)c([C@H]2C3=CCn4c(=O)n(C)c(=O)n4[C@@H]3C[C@H]3C(=O)N(Nc4ncc(C(F)(F)F)cc4Cl)C(=O)[C@@]23c2ccc(Cl)cc2)c1. The number of nitrogens with one attached hydrogen (secondary N) is 1. The Kier molecular flexibility index (Phi) is 7.48. The average Bonchev–Trinajstić information content (AvgIpc) is 3.42. The molecular formula is C32H25Cl2F3N6O6. The summed E-state index contributed by atoms with van der Waals surface area (Å²) in [6.45, 7) is -0.0570. The molecule has 0 unspecified atom stereocenters. The lowest BCUT2D eigenvalue weighted by molar-refractivity contribution is -0.139. The second-order valence-corrected chi connectivity index (χ2v) is 12.8. The highest BCUT2D eigenvalue weighted by atomic mass is 35.5. The molecule has 1 saturated heterocycles. The normalized spacial score (nSPS) is 23.1. The lowest BCUT2D eigenvalue weighted by atomic mass is 9.53. The van der Waals surface area contributed by atoms with Crippen LogP contribution in [0.1, 0.15) is 35.1 Å². The molecule has 2 aromatic carbocycles. The number of nitrogens with zero attached hydrogens (tertiary/aromatic N) is 5. The van der Waals surface area contributed by atoms with Gasteiger partial charge in [-0.15, -0.1) is 0 Å². The molecule has 4 heterocycles. The number of hydrogen-bond donors (Lipinski definition) is 2. The van der Waals surface area contributed by atoms with E-state index in [1.807, 2.05) is 0 Å². The number of allylic oxidation sites excluding steroid dienone is 2. The summed E-state index contributed by atoms with van der Waals surface area (Å²) in [4.78, 5) is 59.9. The van der Waals surface area contributed by atoms with Gasteiger partial charge in [0, 0.05) is 29.7 Å². The zero-order valence-electron chi connectivity index (χ0n) is 25.5. The average molecular weight is 717 g/mol. The predicted molar refractivity (Wildman–Crippen MR) is 169 cm³/mol. The topological polar surface area (TPSA) is 141 Å². The number of imide groups is 1. The highest BCUT2D eigenvalue weighted by Crippen LogP contribution is 2.63. The molecule has 2 fully saturated rings. The number of phenolic OH excluding ortho intramolecular Hbond substituents is 1. The molecule has 2 aliphatic heterocycles. The highest BCUT2D eigenvalue weighted by Gasteiger charge is 2.69. The molecule has 0 bridgehead atoms. The quantitative estimate of drug-likeness (QED) is 0.229. The molecule has 1 saturated carbocycles. The van der Waals surface area contributed by atoms with Crippen LogP contribution in [0.4, 0.5) is 19.0 Å². The molecule has 4 aromatic rings. The van der Waals surface area contributed by atoms with Gasteiger partial charge in [0.15, 0.2) is 5.82 Å². The third-order valence-corrected chi connectivity index (χ3v) is 10.1. The van der Waals surface area contributed by atoms with Crippen LogP contribution in [0.2, 0.25) is 10.0 Å². The smallest absolute Gasteiger partial charge is 0.417 e. The molecule has 4 atom stereocenters. The number of benzene rings is 2. The van der Waals surface area contributed by atoms with Crippen molar-refractivity contribution >= 4 is 40.8 Å². The fourth-order valence-electron chi connectivity index (χ4n) is 7.39. The Balaban J connectivity index is 1.49. The van der Waals surface area contributed by atoms with Crippen LogP contribution in [-0.2, 0) is 34.8 Å². The third-order valence-electron chi connectivity index (χ3n) is 9.56. The largest absolute Gasteiger partial charge is 0.508 e. The van der Waals surface area contributed by atoms with Crippen molar-refractivity contribution in [2.45, 2.75) is 36.5 Å². The maximum atomic E-state index is 15.1. The first kappa shape index (κ1) is 32.5. The van der Waals surface area contributed by atoms with Crippen LogP contribution >= 0.6 is 23.2 Å². The van der Waals surface area contributed by atoms with Crippen LogP contribution in [-0.4, -0.2) is 48.0 Å². The maximum Gasteiger partial charge on any atom is 0.417 e. The van der Waals surface area contributed by atoms with Crippen LogP contribution in [0.5, 0.6) is 11.5 Å². The van der Waals surface area contributed by atoms with Crippen molar-refractivity contribution in [3.8, 4) is 11.5 Å². The van der Waals surface area contributed by atoms with E-state index < -0.39 is 69.1 Å². The summed E-state index contributed by atoms with van der Waals surface area (Å²) in [5.74, 6) is -4.40. The number of phenols is 1. The van der Waals surface area contributed by atoms with Crippen molar-refractivity contribution < 1.29 is 32.6 Å². The number of ether oxygens (including phenoxy) is 1. The first-order valence-corrected chi connectivity index (χ1v) is 15.5. The molecule has 0 spiro atoms. The molecule has 2 aromatic heterocycles. The van der Waals surface area contributed by atoms with Gasteiger partial charge in [-0.1, -0.05) is 41.4 Å². The molecule has 17 heteroatoms. The van der Waals surface area contributed by atoms with Crippen molar-refractivity contribution in [2.24, 2.45) is 13.0 Å². The number of methoxy groups -OCH3 is 1. The minimum atomic E-state index is -4.76. The number of pyridine rings is 1. The Morgan fingerprint density at radius 2 is 1.76 bits per heavy atom. The molecule has 2 amide bonds. The van der Waals surface area contributed by atoms with E-state index in [2.05, 4.69) is 10.4 Å². The molecule has 2 N–H and O–H groups in total. The van der Waals surface area contributed by atoms with Gasteiger partial charge in [0.1, 0.15) is 11.5 Å². The lowest BCUT2D eigenvalue weighted by Crippen LogP contribution is -2.53. The van der Waals surface area contributed by atoms with E-state index in [0.717, 1.165) is 4.57 Å². The van der Waals surface area contributed by atoms with Gasteiger partial charge in [0.05, 0.1) is 41.6 Å². The van der Waals surface area contributed by atoms with Crippen LogP contribution in [0.3, 0.4) is 0 Å². The number of alkyl halides is 3. The van der Waals surface area contributed by atoms with Crippen molar-refractivity contribution in [3.05, 3.63) is 114 Å². The van der Waals surface area contributed by atoms with E-state index >= 15 is 4.79 Å². The van der Waals surface area contributed by atoms with E-state index in [4.69, 9.17) is 27.9 Å². The van der Waals surface area contributed by atoms with Crippen molar-refractivity contribution in [2.75, 3.05) is 12.5 Å². The zero-order chi connectivity index (χ0) is 35.2. The molecule has 254 valence electrons. The van der Waals surface area contributed by atoms with E-state index in [1.54, 1.807) is 18.2 Å². The number of amides is 2. The van der Waals surface area contributed by atoms with E-state index in [1.165, 1.54) is 53.9 Å². The van der Waals surface area contributed by atoms with Gasteiger partial charge < -0.3 is 9.84 Å². The number of halogens is 5. The Hall–Kier alpha value is -5.02. The van der Waals surface area contributed by atoms with Gasteiger partial charge in [0.25, 0.3) is 11.8 Å². The Labute approximate surface area is 284 Å². The van der Waals surface area contributed by atoms with Crippen LogP contribution in [0.15, 0.2) is 76.0 Å². The molecule has 12 nitrogen and oxygen atoms in total. The number of fused-ring (bicyclic) bond motifs is 4. The minimum absolute atomic E-state index is 0.0570. The van der Waals surface area contributed by atoms with Crippen LogP contribution in [0, 0.1) is 5.92 Å². The van der Waals surface area contributed by atoms with Gasteiger partial charge >= 0.3 is 17.6 Å². The second kappa shape index (κ2) is 11.3. The third kappa shape index (κ3) is 4.70. The van der Waals surface area contributed by atoms with Crippen molar-refractivity contribution in [1.29, 1.82) is 0 Å². The summed E-state index contributed by atoms with van der Waals surface area (Å²) in [6, 6.07) is 10.3. The first-order chi connectivity index (χ1) is 23.2. The predicted octanol–water partition coefficient (Wildman–Crippen LogP) is 4.40. The fraction of sp³-hybridized carbons (Fsp3) is 0.281. The molecule has 7 rings (SSSR count). The highest BCUT2D eigenvalue weighted by molar-refractivity contribution is 6.33. The molecular weight excluding hydrogens is 692 g/mol. The summed E-state index contributed by atoms with van der Waals surface area (Å²) in [7, 11) is 2.74. The fourth-order valence-corrected chi connectivity index (χ4v) is 7.72. The number of hydrazine groups is 1. The van der Waals surface area contributed by atoms with E-state index in [0.29, 0.717) is 39.2 Å². The maximum absolute atomic E-state index is 15.1. The summed E-state index contributed by atoms with van der Waals surface area (Å²) >= 11 is 12.4. The molecule has 1 aliphatic carbocycles. The van der Waals surface area contributed by atoms with Crippen molar-refractivity contribution in [3.63, 3.8) is 0 Å². The standard InChI is InChI=1S/C32H25Cl2F3N6O6/c1-40-29(47)41-10-9-19-23(43(41)30(40)48)13-21-27(45)42(39-26-22(34)11-16(14-38-26)32(35,36)37)28(46)31(21,15-3-5-17(33)6-4-15)25(19)20-12-18(49-2)7-8-24(20)44/h3-9,11-12,14,21,23,25,44H,10,13H2,1-2H3,(H,38,39)/t21-,23+,25+,31+/m0/s1. The second-order valence-electron chi connectivity index (χ2n) is 11.9. The Morgan fingerprint density at radius 1 is 1.04 bits per heavy atom. The van der Waals surface area contributed by atoms with Crippen molar-refractivity contribution in [1.82, 2.24) is 23.9 Å². The number of rotatable bonds is 5. The monoisotopic (exact) mass is 716 g/mol. The number of aromatic nitrogens is 4. The minimum Gasteiger partial charge on any atom is -0.508 e. The van der Waals surface area contributed by atoms with Crippen LogP contribution in [0.25, 0.3) is 0 Å². The summed E-state index contributed by atoms with van der Waals surface area (Å²) in [5, 5.41) is 11.9. The summed E-state index contributed by atoms with van der Waals surface area (Å²) in [5.41, 5.74) is -0.689. The number of aromatic hydroxyl groups is 1. The van der Waals surface area contributed by atoms with E-state index in [-0.39, 0.29) is 24.3 Å². The molecule has 0 radical (unpaired) electrons. The van der Waals surface area contributed by atoms with Gasteiger partial charge in [0.2, 0.25) is 0 Å². The van der Waals surface area contributed by atoms with E-state index in [9.17, 15) is 32.7 Å². The lowest BCUT2D eigenvalue weighted by Gasteiger charge is -2.49. The number of hydrogen-bond acceptors (Lipinski definition) is 8. The summed E-state index contributed by atoms with van der Waals surface area (Å²) in [6.07, 6.45) is -2.70. The van der Waals surface area contributed by atoms with Crippen LogP contribution < -0.4 is 21.5 Å².